The van der Waals surface area contributed by atoms with Gasteiger partial charge in [0, 0.05) is 18.7 Å². The molecule has 4 aromatic rings. The minimum absolute atomic E-state index is 0.000498. The molecule has 5 rings (SSSR count). The number of carbonyl (C=O) groups is 1. The number of ether oxygens (including phenoxy) is 1. The van der Waals surface area contributed by atoms with Crippen LogP contribution >= 0.6 is 0 Å². The second-order valence-corrected chi connectivity index (χ2v) is 8.50. The second-order valence-electron chi connectivity index (χ2n) is 8.50. The topological polar surface area (TPSA) is 72.0 Å². The number of hydrogen-bond donors (Lipinski definition) is 0. The van der Waals surface area contributed by atoms with Gasteiger partial charge < -0.3 is 23.5 Å². The van der Waals surface area contributed by atoms with Crippen LogP contribution in [0.1, 0.15) is 27.2 Å². The van der Waals surface area contributed by atoms with Gasteiger partial charge in [0.1, 0.15) is 17.3 Å². The van der Waals surface area contributed by atoms with Crippen LogP contribution in [-0.4, -0.2) is 42.3 Å². The molecule has 7 nitrogen and oxygen atoms in total. The van der Waals surface area contributed by atoms with Gasteiger partial charge in [-0.3, -0.25) is 4.79 Å². The summed E-state index contributed by atoms with van der Waals surface area (Å²) in [6.07, 6.45) is 1.55. The average Bonchev–Trinajstić information content (AvgIpc) is 3.54. The number of halogens is 1. The third-order valence-electron chi connectivity index (χ3n) is 6.02. The second kappa shape index (κ2) is 10.1. The van der Waals surface area contributed by atoms with Crippen molar-refractivity contribution in [1.82, 2.24) is 10.1 Å². The van der Waals surface area contributed by atoms with Crippen LogP contribution < -0.4 is 4.90 Å². The molecule has 1 aliphatic rings. The first-order chi connectivity index (χ1) is 17.1. The highest BCUT2D eigenvalue weighted by molar-refractivity contribution is 5.94. The Morgan fingerprint density at radius 3 is 2.63 bits per heavy atom. The number of benzene rings is 2. The minimum Gasteiger partial charge on any atom is -0.467 e. The molecule has 8 heteroatoms. The van der Waals surface area contributed by atoms with E-state index in [1.54, 1.807) is 35.4 Å². The van der Waals surface area contributed by atoms with E-state index in [4.69, 9.17) is 13.7 Å². The lowest BCUT2D eigenvalue weighted by atomic mass is 10.0. The summed E-state index contributed by atoms with van der Waals surface area (Å²) in [5.74, 6) is 0.176. The molecule has 1 saturated heterocycles. The molecule has 3 heterocycles. The number of anilines is 1. The maximum absolute atomic E-state index is 14.6. The minimum atomic E-state index is -0.570. The highest BCUT2D eigenvalue weighted by Gasteiger charge is 2.29. The summed E-state index contributed by atoms with van der Waals surface area (Å²) < 4.78 is 31.5. The molecule has 1 amide bonds. The zero-order chi connectivity index (χ0) is 24.2. The number of aromatic nitrogens is 1. The summed E-state index contributed by atoms with van der Waals surface area (Å²) in [5.41, 5.74) is 3.38. The van der Waals surface area contributed by atoms with Crippen LogP contribution in [-0.2, 0) is 17.8 Å². The van der Waals surface area contributed by atoms with Crippen molar-refractivity contribution in [3.8, 4) is 11.3 Å². The zero-order valence-electron chi connectivity index (χ0n) is 19.4. The van der Waals surface area contributed by atoms with Gasteiger partial charge in [-0.1, -0.05) is 41.1 Å². The summed E-state index contributed by atoms with van der Waals surface area (Å²) in [4.78, 5) is 17.2. The highest BCUT2D eigenvalue weighted by Crippen LogP contribution is 2.34. The van der Waals surface area contributed by atoms with Gasteiger partial charge in [0.25, 0.3) is 5.91 Å². The van der Waals surface area contributed by atoms with Gasteiger partial charge in [-0.25, -0.2) is 4.39 Å². The third kappa shape index (κ3) is 4.97. The third-order valence-corrected chi connectivity index (χ3v) is 6.02. The first-order valence-corrected chi connectivity index (χ1v) is 11.5. The molecular formula is C27H26FN3O4. The van der Waals surface area contributed by atoms with Crippen LogP contribution in [0.4, 0.5) is 10.3 Å². The Balaban J connectivity index is 1.57. The molecule has 2 aromatic heterocycles. The van der Waals surface area contributed by atoms with Crippen molar-refractivity contribution < 1.29 is 22.9 Å². The first-order valence-electron chi connectivity index (χ1n) is 11.5. The van der Waals surface area contributed by atoms with Crippen molar-refractivity contribution in [2.24, 2.45) is 0 Å². The smallest absolute Gasteiger partial charge is 0.257 e. The number of nitrogens with zero attached hydrogens (tertiary/aromatic N) is 3. The van der Waals surface area contributed by atoms with E-state index in [1.807, 2.05) is 31.2 Å². The predicted molar refractivity (Wildman–Crippen MR) is 128 cm³/mol. The van der Waals surface area contributed by atoms with Crippen molar-refractivity contribution in [3.63, 3.8) is 0 Å². The van der Waals surface area contributed by atoms with Gasteiger partial charge >= 0.3 is 0 Å². The summed E-state index contributed by atoms with van der Waals surface area (Å²) in [5, 5.41) is 4.41. The first kappa shape index (κ1) is 22.9. The van der Waals surface area contributed by atoms with Crippen LogP contribution in [0, 0.1) is 12.7 Å². The largest absolute Gasteiger partial charge is 0.467 e. The molecule has 1 fully saturated rings. The highest BCUT2D eigenvalue weighted by atomic mass is 19.1. The molecule has 0 N–H and O–H groups in total. The Kier molecular flexibility index (Phi) is 6.63. The Hall–Kier alpha value is -3.91. The van der Waals surface area contributed by atoms with Gasteiger partial charge in [-0.05, 0) is 37.3 Å². The number of amides is 1. The predicted octanol–water partition coefficient (Wildman–Crippen LogP) is 5.06. The van der Waals surface area contributed by atoms with E-state index in [0.29, 0.717) is 43.6 Å². The molecule has 0 atom stereocenters. The summed E-state index contributed by atoms with van der Waals surface area (Å²) in [6.45, 7) is 4.78. The van der Waals surface area contributed by atoms with Crippen LogP contribution in [0.25, 0.3) is 11.3 Å². The Morgan fingerprint density at radius 2 is 1.89 bits per heavy atom. The lowest BCUT2D eigenvalue weighted by Gasteiger charge is -2.28. The van der Waals surface area contributed by atoms with Crippen LogP contribution in [0.15, 0.2) is 75.9 Å². The van der Waals surface area contributed by atoms with Crippen molar-refractivity contribution >= 4 is 11.8 Å². The number of hydrogen-bond acceptors (Lipinski definition) is 6. The summed E-state index contributed by atoms with van der Waals surface area (Å²) in [7, 11) is 0. The van der Waals surface area contributed by atoms with Crippen molar-refractivity contribution in [2.75, 3.05) is 31.2 Å². The molecule has 0 aliphatic carbocycles. The van der Waals surface area contributed by atoms with E-state index in [1.165, 1.54) is 12.1 Å². The molecule has 0 spiro atoms. The van der Waals surface area contributed by atoms with E-state index < -0.39 is 11.7 Å². The van der Waals surface area contributed by atoms with Gasteiger partial charge in [-0.15, -0.1) is 0 Å². The molecule has 0 saturated carbocycles. The van der Waals surface area contributed by atoms with Crippen molar-refractivity contribution in [3.05, 3.63) is 95.2 Å². The Bertz CT molecular complexity index is 1300. The van der Waals surface area contributed by atoms with Crippen LogP contribution in [0.5, 0.6) is 0 Å². The van der Waals surface area contributed by atoms with E-state index in [2.05, 4.69) is 10.1 Å². The van der Waals surface area contributed by atoms with E-state index in [9.17, 15) is 9.18 Å². The maximum atomic E-state index is 14.6. The lowest BCUT2D eigenvalue weighted by molar-refractivity contribution is 0.0712. The number of rotatable bonds is 7. The van der Waals surface area contributed by atoms with E-state index in [0.717, 1.165) is 16.7 Å². The number of aryl methyl sites for hydroxylation is 1. The van der Waals surface area contributed by atoms with Gasteiger partial charge in [0.15, 0.2) is 0 Å². The molecule has 35 heavy (non-hydrogen) atoms. The molecule has 180 valence electrons. The average molecular weight is 476 g/mol. The van der Waals surface area contributed by atoms with E-state index >= 15 is 0 Å². The SMILES string of the molecule is Cc1cccc(-c2noc(N3CCOCC3)c2CN(Cc2ccco2)C(=O)c2ccccc2F)c1. The lowest BCUT2D eigenvalue weighted by Crippen LogP contribution is -2.37. The fraction of sp³-hybridized carbons (Fsp3) is 0.259. The normalized spacial score (nSPS) is 13.7. The van der Waals surface area contributed by atoms with Crippen molar-refractivity contribution in [2.45, 2.75) is 20.0 Å². The van der Waals surface area contributed by atoms with Gasteiger partial charge in [0.05, 0.1) is 43.7 Å². The van der Waals surface area contributed by atoms with Crippen LogP contribution in [0.2, 0.25) is 0 Å². The fourth-order valence-electron chi connectivity index (χ4n) is 4.26. The number of morpholine rings is 1. The standard InChI is InChI=1S/C27H26FN3O4/c1-19-6-4-7-20(16-19)25-23(27(35-29-25)30-11-14-33-15-12-30)18-31(17-21-8-5-13-34-21)26(32)22-9-2-3-10-24(22)28/h2-10,13,16H,11-12,14-15,17-18H2,1H3. The monoisotopic (exact) mass is 475 g/mol. The summed E-state index contributed by atoms with van der Waals surface area (Å²) >= 11 is 0. The van der Waals surface area contributed by atoms with Crippen LogP contribution in [0.3, 0.4) is 0 Å². The van der Waals surface area contributed by atoms with Gasteiger partial charge in [0.2, 0.25) is 5.88 Å². The molecule has 2 aromatic carbocycles. The zero-order valence-corrected chi connectivity index (χ0v) is 19.4. The Labute approximate surface area is 202 Å². The van der Waals surface area contributed by atoms with Gasteiger partial charge in [-0.2, -0.15) is 0 Å². The number of carbonyl (C=O) groups excluding carboxylic acids is 1. The molecule has 1 aliphatic heterocycles. The quantitative estimate of drug-likeness (QED) is 0.372. The maximum Gasteiger partial charge on any atom is 0.257 e. The summed E-state index contributed by atoms with van der Waals surface area (Å²) in [6, 6.07) is 17.5. The molecular weight excluding hydrogens is 449 g/mol. The molecule has 0 unspecified atom stereocenters. The Morgan fingerprint density at radius 1 is 1.06 bits per heavy atom. The van der Waals surface area contributed by atoms with Crippen molar-refractivity contribution in [1.29, 1.82) is 0 Å². The molecule has 0 bridgehead atoms. The molecule has 0 radical (unpaired) electrons. The van der Waals surface area contributed by atoms with E-state index in [-0.39, 0.29) is 18.7 Å². The number of furan rings is 1. The fourth-order valence-corrected chi connectivity index (χ4v) is 4.26.